The molecule has 0 radical (unpaired) electrons. The Morgan fingerprint density at radius 3 is 2.41 bits per heavy atom. The normalized spacial score (nSPS) is 32.8. The van der Waals surface area contributed by atoms with Crippen LogP contribution in [0, 0.1) is 0 Å². The number of morpholine rings is 1. The number of rotatable bonds is 4. The number of nitrogens with one attached hydrogen (secondary N) is 1. The highest BCUT2D eigenvalue weighted by atomic mass is 16.5. The summed E-state index contributed by atoms with van der Waals surface area (Å²) in [6, 6.07) is 0.666. The van der Waals surface area contributed by atoms with E-state index >= 15 is 0 Å². The summed E-state index contributed by atoms with van der Waals surface area (Å²) >= 11 is 0. The number of nitrogens with zero attached hydrogens (tertiary/aromatic N) is 1. The summed E-state index contributed by atoms with van der Waals surface area (Å²) in [6.07, 6.45) is 3.08. The van der Waals surface area contributed by atoms with E-state index in [1.165, 1.54) is 0 Å². The van der Waals surface area contributed by atoms with E-state index in [9.17, 15) is 0 Å². The van der Waals surface area contributed by atoms with Crippen LogP contribution in [0.2, 0.25) is 0 Å². The Bertz CT molecular complexity index is 209. The van der Waals surface area contributed by atoms with Gasteiger partial charge in [-0.15, -0.1) is 0 Å². The Morgan fingerprint density at radius 1 is 1.12 bits per heavy atom. The van der Waals surface area contributed by atoms with Gasteiger partial charge in [-0.2, -0.15) is 0 Å². The maximum atomic E-state index is 5.73. The van der Waals surface area contributed by atoms with Gasteiger partial charge >= 0.3 is 0 Å². The molecule has 4 nitrogen and oxygen atoms in total. The lowest BCUT2D eigenvalue weighted by molar-refractivity contribution is -0.0676. The van der Waals surface area contributed by atoms with Crippen LogP contribution in [0.3, 0.4) is 0 Å². The van der Waals surface area contributed by atoms with E-state index in [0.29, 0.717) is 18.2 Å². The van der Waals surface area contributed by atoms with Crippen molar-refractivity contribution in [2.45, 2.75) is 44.9 Å². The quantitative estimate of drug-likeness (QED) is 0.793. The molecule has 2 saturated heterocycles. The minimum absolute atomic E-state index is 0.377. The lowest BCUT2D eigenvalue weighted by Gasteiger charge is -2.35. The zero-order valence-electron chi connectivity index (χ0n) is 11.2. The molecule has 2 heterocycles. The van der Waals surface area contributed by atoms with Gasteiger partial charge in [0.05, 0.1) is 12.2 Å². The van der Waals surface area contributed by atoms with Crippen LogP contribution in [0.25, 0.3) is 0 Å². The Morgan fingerprint density at radius 2 is 1.76 bits per heavy atom. The molecule has 0 amide bonds. The van der Waals surface area contributed by atoms with Crippen molar-refractivity contribution in [3.63, 3.8) is 0 Å². The van der Waals surface area contributed by atoms with Crippen LogP contribution in [-0.2, 0) is 9.47 Å². The second-order valence-corrected chi connectivity index (χ2v) is 5.36. The van der Waals surface area contributed by atoms with Crippen molar-refractivity contribution in [3.8, 4) is 0 Å². The molecule has 0 bridgehead atoms. The van der Waals surface area contributed by atoms with Crippen LogP contribution in [0.1, 0.15) is 26.7 Å². The molecule has 17 heavy (non-hydrogen) atoms. The molecule has 2 aliphatic heterocycles. The maximum absolute atomic E-state index is 5.73. The number of hydrogen-bond donors (Lipinski definition) is 1. The molecule has 0 aliphatic carbocycles. The molecule has 0 aromatic heterocycles. The maximum Gasteiger partial charge on any atom is 0.0678 e. The monoisotopic (exact) mass is 242 g/mol. The van der Waals surface area contributed by atoms with Gasteiger partial charge in [0, 0.05) is 45.4 Å². The van der Waals surface area contributed by atoms with Gasteiger partial charge < -0.3 is 14.8 Å². The molecule has 0 aromatic carbocycles. The third-order valence-corrected chi connectivity index (χ3v) is 3.58. The van der Waals surface area contributed by atoms with E-state index in [-0.39, 0.29) is 0 Å². The van der Waals surface area contributed by atoms with Crippen LogP contribution in [0.4, 0.5) is 0 Å². The third kappa shape index (κ3) is 4.54. The summed E-state index contributed by atoms with van der Waals surface area (Å²) in [5, 5.41) is 3.64. The number of hydrogen-bond acceptors (Lipinski definition) is 4. The van der Waals surface area contributed by atoms with Gasteiger partial charge in [0.25, 0.3) is 0 Å². The Labute approximate surface area is 105 Å². The lowest BCUT2D eigenvalue weighted by Crippen LogP contribution is -2.48. The summed E-state index contributed by atoms with van der Waals surface area (Å²) < 4.78 is 11.1. The summed E-state index contributed by atoms with van der Waals surface area (Å²) in [5.74, 6) is 0. The van der Waals surface area contributed by atoms with Crippen molar-refractivity contribution in [1.29, 1.82) is 0 Å². The third-order valence-electron chi connectivity index (χ3n) is 3.58. The average Bonchev–Trinajstić information content (AvgIpc) is 2.29. The fourth-order valence-corrected chi connectivity index (χ4v) is 2.80. The predicted molar refractivity (Wildman–Crippen MR) is 68.3 cm³/mol. The van der Waals surface area contributed by atoms with E-state index in [2.05, 4.69) is 24.1 Å². The Kier molecular flexibility index (Phi) is 5.22. The van der Waals surface area contributed by atoms with Crippen LogP contribution < -0.4 is 5.32 Å². The largest absolute Gasteiger partial charge is 0.381 e. The minimum atomic E-state index is 0.377. The molecule has 2 atom stereocenters. The minimum Gasteiger partial charge on any atom is -0.381 e. The highest BCUT2D eigenvalue weighted by Gasteiger charge is 2.21. The molecule has 100 valence electrons. The standard InChI is InChI=1S/C13H26N2O2/c1-11-9-15(10-12(2)17-11)6-5-14-13-3-7-16-8-4-13/h11-14H,3-10H2,1-2H3/t11-,12+. The van der Waals surface area contributed by atoms with E-state index < -0.39 is 0 Å². The highest BCUT2D eigenvalue weighted by Crippen LogP contribution is 2.10. The Hall–Kier alpha value is -0.160. The average molecular weight is 242 g/mol. The van der Waals surface area contributed by atoms with Gasteiger partial charge in [-0.3, -0.25) is 4.90 Å². The van der Waals surface area contributed by atoms with Gasteiger partial charge in [0.15, 0.2) is 0 Å². The SMILES string of the molecule is C[C@@H]1CN(CCNC2CCOCC2)C[C@H](C)O1. The summed E-state index contributed by atoms with van der Waals surface area (Å²) in [7, 11) is 0. The van der Waals surface area contributed by atoms with Crippen molar-refractivity contribution in [3.05, 3.63) is 0 Å². The van der Waals surface area contributed by atoms with Crippen LogP contribution in [-0.4, -0.2) is 62.5 Å². The van der Waals surface area contributed by atoms with E-state index in [1.54, 1.807) is 0 Å². The zero-order chi connectivity index (χ0) is 12.1. The van der Waals surface area contributed by atoms with Crippen molar-refractivity contribution in [2.24, 2.45) is 0 Å². The molecule has 4 heteroatoms. The van der Waals surface area contributed by atoms with Gasteiger partial charge in [0.1, 0.15) is 0 Å². The molecule has 1 N–H and O–H groups in total. The molecular weight excluding hydrogens is 216 g/mol. The highest BCUT2D eigenvalue weighted by molar-refractivity contribution is 4.75. The van der Waals surface area contributed by atoms with E-state index in [4.69, 9.17) is 9.47 Å². The number of ether oxygens (including phenoxy) is 2. The summed E-state index contributed by atoms with van der Waals surface area (Å²) in [4.78, 5) is 2.51. The van der Waals surface area contributed by atoms with Crippen molar-refractivity contribution >= 4 is 0 Å². The molecule has 0 spiro atoms. The van der Waals surface area contributed by atoms with Gasteiger partial charge in [0.2, 0.25) is 0 Å². The molecule has 0 saturated carbocycles. The Balaban J connectivity index is 1.60. The molecule has 0 aromatic rings. The summed E-state index contributed by atoms with van der Waals surface area (Å²) in [5.41, 5.74) is 0. The smallest absolute Gasteiger partial charge is 0.0678 e. The second-order valence-electron chi connectivity index (χ2n) is 5.36. The molecule has 2 aliphatic rings. The van der Waals surface area contributed by atoms with Gasteiger partial charge in [-0.1, -0.05) is 0 Å². The molecular formula is C13H26N2O2. The van der Waals surface area contributed by atoms with Crippen molar-refractivity contribution < 1.29 is 9.47 Å². The van der Waals surface area contributed by atoms with Gasteiger partial charge in [-0.05, 0) is 26.7 Å². The van der Waals surface area contributed by atoms with Crippen molar-refractivity contribution in [2.75, 3.05) is 39.4 Å². The van der Waals surface area contributed by atoms with Crippen LogP contribution in [0.15, 0.2) is 0 Å². The fourth-order valence-electron chi connectivity index (χ4n) is 2.80. The first-order chi connectivity index (χ1) is 8.24. The topological polar surface area (TPSA) is 33.7 Å². The molecule has 2 fully saturated rings. The fraction of sp³-hybridized carbons (Fsp3) is 1.00. The predicted octanol–water partition coefficient (Wildman–Crippen LogP) is 0.864. The van der Waals surface area contributed by atoms with E-state index in [0.717, 1.165) is 52.2 Å². The first-order valence-electron chi connectivity index (χ1n) is 6.93. The first kappa shape index (κ1) is 13.3. The zero-order valence-corrected chi connectivity index (χ0v) is 11.2. The van der Waals surface area contributed by atoms with Crippen LogP contribution in [0.5, 0.6) is 0 Å². The van der Waals surface area contributed by atoms with Crippen LogP contribution >= 0.6 is 0 Å². The van der Waals surface area contributed by atoms with Crippen molar-refractivity contribution in [1.82, 2.24) is 10.2 Å². The lowest BCUT2D eigenvalue weighted by atomic mass is 10.1. The molecule has 2 rings (SSSR count). The summed E-state index contributed by atoms with van der Waals surface area (Å²) in [6.45, 7) is 10.5. The first-order valence-corrected chi connectivity index (χ1v) is 6.93. The second kappa shape index (κ2) is 6.69. The van der Waals surface area contributed by atoms with E-state index in [1.807, 2.05) is 0 Å². The molecule has 0 unspecified atom stereocenters. The van der Waals surface area contributed by atoms with Gasteiger partial charge in [-0.25, -0.2) is 0 Å².